The third-order valence-electron chi connectivity index (χ3n) is 3.54. The van der Waals surface area contributed by atoms with Gasteiger partial charge in [-0.3, -0.25) is 0 Å². The highest BCUT2D eigenvalue weighted by Crippen LogP contribution is 2.40. The molecule has 1 aromatic carbocycles. The predicted molar refractivity (Wildman–Crippen MR) is 72.0 cm³/mol. The van der Waals surface area contributed by atoms with E-state index in [1.165, 1.54) is 6.26 Å². The second-order valence-corrected chi connectivity index (χ2v) is 7.44. The first kappa shape index (κ1) is 13.4. The van der Waals surface area contributed by atoms with Crippen LogP contribution in [0.15, 0.2) is 18.2 Å². The van der Waals surface area contributed by atoms with Crippen molar-refractivity contribution in [2.45, 2.75) is 31.3 Å². The molecule has 0 radical (unpaired) electrons. The number of hydrogen-bond acceptors (Lipinski definition) is 4. The van der Waals surface area contributed by atoms with Crippen LogP contribution in [0.3, 0.4) is 0 Å². The number of nitrogen functional groups attached to an aromatic ring is 1. The molecule has 100 valence electrons. The van der Waals surface area contributed by atoms with Crippen LogP contribution in [-0.4, -0.2) is 25.5 Å². The average Bonchev–Trinajstić information content (AvgIpc) is 2.54. The van der Waals surface area contributed by atoms with Crippen molar-refractivity contribution in [3.8, 4) is 0 Å². The third kappa shape index (κ3) is 2.84. The van der Waals surface area contributed by atoms with E-state index in [1.807, 2.05) is 12.1 Å². The Morgan fingerprint density at radius 3 is 2.83 bits per heavy atom. The van der Waals surface area contributed by atoms with Gasteiger partial charge >= 0.3 is 0 Å². The quantitative estimate of drug-likeness (QED) is 0.806. The van der Waals surface area contributed by atoms with Gasteiger partial charge in [-0.1, -0.05) is 6.07 Å². The zero-order chi connectivity index (χ0) is 13.4. The van der Waals surface area contributed by atoms with Gasteiger partial charge in [-0.2, -0.15) is 0 Å². The highest BCUT2D eigenvalue weighted by molar-refractivity contribution is 7.90. The maximum absolute atomic E-state index is 11.1. The number of aliphatic hydroxyl groups is 1. The van der Waals surface area contributed by atoms with Crippen molar-refractivity contribution in [2.24, 2.45) is 0 Å². The first-order chi connectivity index (χ1) is 8.30. The predicted octanol–water partition coefficient (Wildman–Crippen LogP) is 1.23. The number of hydrogen-bond donors (Lipinski definition) is 2. The van der Waals surface area contributed by atoms with Gasteiger partial charge in [-0.05, 0) is 48.9 Å². The highest BCUT2D eigenvalue weighted by Gasteiger charge is 2.36. The third-order valence-corrected chi connectivity index (χ3v) is 4.57. The van der Waals surface area contributed by atoms with Gasteiger partial charge in [-0.15, -0.1) is 0 Å². The average molecular weight is 269 g/mol. The molecule has 0 saturated carbocycles. The van der Waals surface area contributed by atoms with E-state index in [0.29, 0.717) is 24.9 Å². The lowest BCUT2D eigenvalue weighted by atomic mass is 9.91. The van der Waals surface area contributed by atoms with Gasteiger partial charge in [0.2, 0.25) is 0 Å². The van der Waals surface area contributed by atoms with Crippen molar-refractivity contribution >= 4 is 15.5 Å². The Balaban J connectivity index is 2.11. The number of nitrogens with two attached hydrogens (primary N) is 1. The minimum Gasteiger partial charge on any atom is -0.399 e. The summed E-state index contributed by atoms with van der Waals surface area (Å²) in [6.07, 6.45) is 3.64. The Kier molecular flexibility index (Phi) is 3.38. The van der Waals surface area contributed by atoms with E-state index in [2.05, 4.69) is 0 Å². The first-order valence-corrected chi connectivity index (χ1v) is 8.15. The number of aryl methyl sites for hydroxylation is 1. The van der Waals surface area contributed by atoms with E-state index in [-0.39, 0.29) is 5.75 Å². The zero-order valence-electron chi connectivity index (χ0n) is 10.5. The van der Waals surface area contributed by atoms with E-state index < -0.39 is 15.4 Å². The summed E-state index contributed by atoms with van der Waals surface area (Å²) in [6, 6.07) is 5.54. The second kappa shape index (κ2) is 4.55. The Morgan fingerprint density at radius 1 is 1.44 bits per heavy atom. The van der Waals surface area contributed by atoms with Gasteiger partial charge < -0.3 is 10.8 Å². The Morgan fingerprint density at radius 2 is 2.17 bits per heavy atom. The molecule has 0 amide bonds. The van der Waals surface area contributed by atoms with Gasteiger partial charge in [0.15, 0.2) is 0 Å². The number of anilines is 1. The summed E-state index contributed by atoms with van der Waals surface area (Å²) in [5.41, 5.74) is 7.53. The van der Waals surface area contributed by atoms with Gasteiger partial charge in [0.1, 0.15) is 9.84 Å². The molecule has 1 unspecified atom stereocenters. The van der Waals surface area contributed by atoms with Crippen LogP contribution in [-0.2, 0) is 21.9 Å². The molecule has 0 aromatic heterocycles. The summed E-state index contributed by atoms with van der Waals surface area (Å²) < 4.78 is 22.2. The van der Waals surface area contributed by atoms with Crippen molar-refractivity contribution in [3.05, 3.63) is 29.3 Å². The van der Waals surface area contributed by atoms with E-state index >= 15 is 0 Å². The Hall–Kier alpha value is -1.07. The van der Waals surface area contributed by atoms with Crippen molar-refractivity contribution in [2.75, 3.05) is 17.7 Å². The zero-order valence-corrected chi connectivity index (χ0v) is 11.3. The van der Waals surface area contributed by atoms with Crippen LogP contribution in [0.4, 0.5) is 5.69 Å². The van der Waals surface area contributed by atoms with E-state index in [0.717, 1.165) is 17.5 Å². The molecule has 0 spiro atoms. The number of sulfone groups is 1. The number of fused-ring (bicyclic) bond motifs is 1. The summed E-state index contributed by atoms with van der Waals surface area (Å²) >= 11 is 0. The van der Waals surface area contributed by atoms with Crippen LogP contribution in [0.5, 0.6) is 0 Å². The van der Waals surface area contributed by atoms with Gasteiger partial charge in [0.05, 0.1) is 5.60 Å². The van der Waals surface area contributed by atoms with Crippen LogP contribution in [0.2, 0.25) is 0 Å². The fraction of sp³-hybridized carbons (Fsp3) is 0.538. The largest absolute Gasteiger partial charge is 0.399 e. The fourth-order valence-corrected chi connectivity index (χ4v) is 3.31. The van der Waals surface area contributed by atoms with Crippen molar-refractivity contribution < 1.29 is 13.5 Å². The van der Waals surface area contributed by atoms with Gasteiger partial charge in [0, 0.05) is 17.7 Å². The van der Waals surface area contributed by atoms with E-state index in [1.54, 1.807) is 6.07 Å². The normalized spacial score (nSPS) is 23.0. The van der Waals surface area contributed by atoms with Crippen LogP contribution < -0.4 is 5.73 Å². The summed E-state index contributed by atoms with van der Waals surface area (Å²) in [4.78, 5) is 0. The van der Waals surface area contributed by atoms with Crippen LogP contribution >= 0.6 is 0 Å². The highest BCUT2D eigenvalue weighted by atomic mass is 32.2. The second-order valence-electron chi connectivity index (χ2n) is 5.18. The molecule has 0 fully saturated rings. The Bertz CT molecular complexity index is 553. The van der Waals surface area contributed by atoms with Crippen LogP contribution in [0.1, 0.15) is 30.4 Å². The van der Waals surface area contributed by atoms with Crippen molar-refractivity contribution in [1.29, 1.82) is 0 Å². The molecule has 1 aliphatic rings. The lowest BCUT2D eigenvalue weighted by molar-refractivity contribution is 0.0289. The topological polar surface area (TPSA) is 80.4 Å². The monoisotopic (exact) mass is 269 g/mol. The minimum atomic E-state index is -2.96. The van der Waals surface area contributed by atoms with Gasteiger partial charge in [-0.25, -0.2) is 8.42 Å². The van der Waals surface area contributed by atoms with E-state index in [9.17, 15) is 13.5 Å². The standard InChI is InChI=1S/C13H19NO3S/c1-18(16,17)8-2-6-13(15)7-5-10-9-11(14)3-4-12(10)13/h3-4,9,15H,2,5-8,14H2,1H3. The molecule has 5 heteroatoms. The Labute approximate surface area is 108 Å². The molecule has 3 N–H and O–H groups in total. The summed E-state index contributed by atoms with van der Waals surface area (Å²) in [5.74, 6) is 0.125. The first-order valence-electron chi connectivity index (χ1n) is 6.09. The lowest BCUT2D eigenvalue weighted by Gasteiger charge is -2.24. The van der Waals surface area contributed by atoms with Crippen molar-refractivity contribution in [1.82, 2.24) is 0 Å². The van der Waals surface area contributed by atoms with Crippen LogP contribution in [0.25, 0.3) is 0 Å². The summed E-state index contributed by atoms with van der Waals surface area (Å²) in [5, 5.41) is 10.6. The molecular weight excluding hydrogens is 250 g/mol. The number of benzene rings is 1. The summed E-state index contributed by atoms with van der Waals surface area (Å²) in [6.45, 7) is 0. The number of rotatable bonds is 4. The molecule has 2 rings (SSSR count). The maximum atomic E-state index is 11.1. The molecule has 4 nitrogen and oxygen atoms in total. The maximum Gasteiger partial charge on any atom is 0.147 e. The molecular formula is C13H19NO3S. The molecule has 1 aliphatic carbocycles. The molecule has 0 aliphatic heterocycles. The van der Waals surface area contributed by atoms with Crippen molar-refractivity contribution in [3.63, 3.8) is 0 Å². The lowest BCUT2D eigenvalue weighted by Crippen LogP contribution is -2.23. The SMILES string of the molecule is CS(=O)(=O)CCCC1(O)CCc2cc(N)ccc21. The molecule has 0 heterocycles. The van der Waals surface area contributed by atoms with Gasteiger partial charge in [0.25, 0.3) is 0 Å². The summed E-state index contributed by atoms with van der Waals surface area (Å²) in [7, 11) is -2.96. The smallest absolute Gasteiger partial charge is 0.147 e. The molecule has 1 atom stereocenters. The molecule has 0 saturated heterocycles. The molecule has 0 bridgehead atoms. The fourth-order valence-electron chi connectivity index (χ4n) is 2.64. The van der Waals surface area contributed by atoms with Crippen LogP contribution in [0, 0.1) is 0 Å². The molecule has 18 heavy (non-hydrogen) atoms. The molecule has 1 aromatic rings. The minimum absolute atomic E-state index is 0.125. The van der Waals surface area contributed by atoms with E-state index in [4.69, 9.17) is 5.73 Å².